The number of nitrogens with zero attached hydrogens (tertiary/aromatic N) is 3. The van der Waals surface area contributed by atoms with Gasteiger partial charge in [0.15, 0.2) is 0 Å². The summed E-state index contributed by atoms with van der Waals surface area (Å²) >= 11 is 0. The van der Waals surface area contributed by atoms with Gasteiger partial charge in [-0.1, -0.05) is 93.6 Å². The molecule has 0 saturated heterocycles. The van der Waals surface area contributed by atoms with Crippen LogP contribution < -0.4 is 28.4 Å². The molecule has 12 nitrogen and oxygen atoms in total. The highest BCUT2D eigenvalue weighted by Gasteiger charge is 2.15. The monoisotopic (exact) mass is 843 g/mol. The Hall–Kier alpha value is -7.86. The molecule has 318 valence electrons. The molecule has 7 aromatic rings. The fourth-order valence-corrected chi connectivity index (χ4v) is 6.23. The fraction of sp³-hybridized carbons (Fsp3) is 0.176. The lowest BCUT2D eigenvalue weighted by atomic mass is 10.1. The van der Waals surface area contributed by atoms with Crippen LogP contribution in [0.15, 0.2) is 146 Å². The average Bonchev–Trinajstić information content (AvgIpc) is 3.28. The summed E-state index contributed by atoms with van der Waals surface area (Å²) in [7, 11) is 0. The molecule has 0 saturated carbocycles. The van der Waals surface area contributed by atoms with Crippen LogP contribution in [-0.2, 0) is 14.4 Å². The van der Waals surface area contributed by atoms with Crippen LogP contribution in [0.1, 0.15) is 59.3 Å². The molecule has 0 aliphatic heterocycles. The van der Waals surface area contributed by atoms with E-state index in [1.165, 1.54) is 0 Å². The molecule has 0 radical (unpaired) electrons. The Morgan fingerprint density at radius 3 is 0.698 bits per heavy atom. The van der Waals surface area contributed by atoms with E-state index in [-0.39, 0.29) is 35.9 Å². The van der Waals surface area contributed by atoms with Crippen molar-refractivity contribution in [2.75, 3.05) is 0 Å². The second kappa shape index (κ2) is 21.1. The smallest absolute Gasteiger partial charge is 0.331 e. The fourth-order valence-electron chi connectivity index (χ4n) is 6.23. The van der Waals surface area contributed by atoms with Gasteiger partial charge in [0.2, 0.25) is 0 Å². The van der Waals surface area contributed by atoms with Crippen molar-refractivity contribution >= 4 is 17.9 Å². The van der Waals surface area contributed by atoms with Crippen LogP contribution in [0.25, 0.3) is 33.4 Å². The minimum atomic E-state index is -0.262. The largest absolute Gasteiger partial charge is 0.427 e. The zero-order valence-electron chi connectivity index (χ0n) is 35.1. The Kier molecular flexibility index (Phi) is 14.5. The van der Waals surface area contributed by atoms with E-state index < -0.39 is 0 Å². The summed E-state index contributed by atoms with van der Waals surface area (Å²) in [5.74, 6) is 2.06. The molecule has 0 aliphatic rings. The first-order chi connectivity index (χ1) is 30.7. The maximum atomic E-state index is 11.9. The lowest BCUT2D eigenvalue weighted by molar-refractivity contribution is -0.135. The second-order valence-corrected chi connectivity index (χ2v) is 14.3. The second-order valence-electron chi connectivity index (χ2n) is 14.3. The molecule has 0 fully saturated rings. The standard InChI is InChI=1S/C51H45N3O9/c1-4-7-46(55)58-40-22-10-34(11-23-40)37-16-28-43(29-17-37)61-49-52-50(62-44-30-18-38(19-31-44)35-12-24-41(25-13-35)59-47(56)8-5-2)54-51(53-49)63-45-32-20-39(21-33-45)36-14-26-42(27-15-36)60-48(57)9-6-3/h10-33H,4-9H2,1-3H3. The number of carbonyl (C=O) groups is 3. The van der Waals surface area contributed by atoms with E-state index >= 15 is 0 Å². The quantitative estimate of drug-likeness (QED) is 0.0598. The highest BCUT2D eigenvalue weighted by Crippen LogP contribution is 2.32. The summed E-state index contributed by atoms with van der Waals surface area (Å²) in [4.78, 5) is 49.1. The van der Waals surface area contributed by atoms with Gasteiger partial charge in [0, 0.05) is 19.3 Å². The summed E-state index contributed by atoms with van der Waals surface area (Å²) in [5.41, 5.74) is 5.53. The average molecular weight is 844 g/mol. The van der Waals surface area contributed by atoms with Crippen molar-refractivity contribution in [1.29, 1.82) is 0 Å². The number of rotatable bonds is 18. The molecular weight excluding hydrogens is 799 g/mol. The van der Waals surface area contributed by atoms with E-state index in [1.807, 2.05) is 93.6 Å². The Morgan fingerprint density at radius 2 is 0.508 bits per heavy atom. The van der Waals surface area contributed by atoms with Gasteiger partial charge in [0.1, 0.15) is 34.5 Å². The van der Waals surface area contributed by atoms with Crippen molar-refractivity contribution in [3.8, 4) is 85.9 Å². The van der Waals surface area contributed by atoms with Crippen molar-refractivity contribution in [3.63, 3.8) is 0 Å². The third-order valence-corrected chi connectivity index (χ3v) is 9.38. The molecule has 63 heavy (non-hydrogen) atoms. The molecule has 0 N–H and O–H groups in total. The van der Waals surface area contributed by atoms with Crippen LogP contribution in [0.3, 0.4) is 0 Å². The first-order valence-corrected chi connectivity index (χ1v) is 20.8. The van der Waals surface area contributed by atoms with Gasteiger partial charge in [-0.25, -0.2) is 0 Å². The minimum absolute atomic E-state index is 0.0614. The molecule has 7 rings (SSSR count). The number of hydrogen-bond acceptors (Lipinski definition) is 12. The van der Waals surface area contributed by atoms with E-state index in [9.17, 15) is 14.4 Å². The zero-order chi connectivity index (χ0) is 44.0. The van der Waals surface area contributed by atoms with Gasteiger partial charge in [-0.3, -0.25) is 14.4 Å². The summed E-state index contributed by atoms with van der Waals surface area (Å²) < 4.78 is 34.5. The number of ether oxygens (including phenoxy) is 6. The Morgan fingerprint density at radius 1 is 0.317 bits per heavy atom. The van der Waals surface area contributed by atoms with Gasteiger partial charge in [-0.15, -0.1) is 15.0 Å². The maximum absolute atomic E-state index is 11.9. The van der Waals surface area contributed by atoms with Crippen LogP contribution in [0.4, 0.5) is 0 Å². The Balaban J connectivity index is 1.08. The van der Waals surface area contributed by atoms with E-state index in [4.69, 9.17) is 28.4 Å². The van der Waals surface area contributed by atoms with Crippen LogP contribution in [0.5, 0.6) is 52.5 Å². The summed E-state index contributed by atoms with van der Waals surface area (Å²) in [6.45, 7) is 5.79. The van der Waals surface area contributed by atoms with Crippen LogP contribution >= 0.6 is 0 Å². The lowest BCUT2D eigenvalue weighted by Crippen LogP contribution is -2.06. The van der Waals surface area contributed by atoms with E-state index in [0.29, 0.717) is 53.8 Å². The molecule has 12 heteroatoms. The van der Waals surface area contributed by atoms with Gasteiger partial charge in [-0.2, -0.15) is 0 Å². The van der Waals surface area contributed by atoms with Gasteiger partial charge >= 0.3 is 35.9 Å². The number of benzene rings is 6. The highest BCUT2D eigenvalue weighted by molar-refractivity contribution is 5.74. The predicted molar refractivity (Wildman–Crippen MR) is 237 cm³/mol. The SMILES string of the molecule is CCCC(=O)Oc1ccc(-c2ccc(Oc3nc(Oc4ccc(-c5ccc(OC(=O)CCC)cc5)cc4)nc(Oc4ccc(-c5ccc(OC(=O)CCC)cc5)cc4)n3)cc2)cc1. The molecular formula is C51H45N3O9. The molecule has 1 aromatic heterocycles. The molecule has 1 heterocycles. The van der Waals surface area contributed by atoms with E-state index in [1.54, 1.807) is 72.8 Å². The van der Waals surface area contributed by atoms with E-state index in [2.05, 4.69) is 15.0 Å². The molecule has 0 unspecified atom stereocenters. The van der Waals surface area contributed by atoms with Gasteiger partial charge in [0.05, 0.1) is 0 Å². The van der Waals surface area contributed by atoms with Crippen LogP contribution in [0, 0.1) is 0 Å². The first kappa shape index (κ1) is 43.2. The van der Waals surface area contributed by atoms with Crippen molar-refractivity contribution in [2.45, 2.75) is 59.3 Å². The van der Waals surface area contributed by atoms with Gasteiger partial charge in [0.25, 0.3) is 0 Å². The highest BCUT2D eigenvalue weighted by atomic mass is 16.5. The molecule has 0 aliphatic carbocycles. The topological polar surface area (TPSA) is 145 Å². The first-order valence-electron chi connectivity index (χ1n) is 20.8. The number of carbonyl (C=O) groups excluding carboxylic acids is 3. The van der Waals surface area contributed by atoms with Gasteiger partial charge in [-0.05, 0) is 125 Å². The Labute approximate surface area is 365 Å². The summed E-state index contributed by atoms with van der Waals surface area (Å²) in [5, 5.41) is 0. The molecule has 0 atom stereocenters. The van der Waals surface area contributed by atoms with E-state index in [0.717, 1.165) is 52.6 Å². The van der Waals surface area contributed by atoms with Crippen molar-refractivity contribution < 1.29 is 42.8 Å². The van der Waals surface area contributed by atoms with Crippen LogP contribution in [-0.4, -0.2) is 32.9 Å². The molecule has 0 bridgehead atoms. The zero-order valence-corrected chi connectivity index (χ0v) is 35.1. The third kappa shape index (κ3) is 12.4. The van der Waals surface area contributed by atoms with Crippen molar-refractivity contribution in [2.24, 2.45) is 0 Å². The molecule has 0 spiro atoms. The number of hydrogen-bond donors (Lipinski definition) is 0. The summed E-state index contributed by atoms with van der Waals surface area (Å²) in [6.07, 6.45) is 3.25. The van der Waals surface area contributed by atoms with Crippen LogP contribution in [0.2, 0.25) is 0 Å². The Bertz CT molecular complexity index is 2310. The molecule has 6 aromatic carbocycles. The third-order valence-electron chi connectivity index (χ3n) is 9.38. The normalized spacial score (nSPS) is 10.7. The summed E-state index contributed by atoms with van der Waals surface area (Å²) in [6, 6.07) is 43.8. The maximum Gasteiger partial charge on any atom is 0.331 e. The minimum Gasteiger partial charge on any atom is -0.427 e. The van der Waals surface area contributed by atoms with Gasteiger partial charge < -0.3 is 28.4 Å². The number of esters is 3. The van der Waals surface area contributed by atoms with Crippen molar-refractivity contribution in [1.82, 2.24) is 15.0 Å². The van der Waals surface area contributed by atoms with Crippen molar-refractivity contribution in [3.05, 3.63) is 146 Å². The molecule has 0 amide bonds. The lowest BCUT2D eigenvalue weighted by Gasteiger charge is -2.11. The number of aromatic nitrogens is 3. The predicted octanol–water partition coefficient (Wildman–Crippen LogP) is 12.4.